The fraction of sp³-hybridized carbons (Fsp3) is 0.350. The van der Waals surface area contributed by atoms with Crippen molar-refractivity contribution in [3.63, 3.8) is 0 Å². The van der Waals surface area contributed by atoms with Gasteiger partial charge in [-0.15, -0.1) is 11.3 Å². The maximum absolute atomic E-state index is 12.6. The predicted octanol–water partition coefficient (Wildman–Crippen LogP) is 3.56. The van der Waals surface area contributed by atoms with E-state index < -0.39 is 0 Å². The summed E-state index contributed by atoms with van der Waals surface area (Å²) in [5.41, 5.74) is 3.02. The molecule has 3 aromatic rings. The van der Waals surface area contributed by atoms with E-state index in [1.165, 1.54) is 16.2 Å². The Morgan fingerprint density at radius 1 is 1.39 bits per heavy atom. The molecule has 0 saturated heterocycles. The van der Waals surface area contributed by atoms with E-state index in [1.807, 2.05) is 24.3 Å². The molecule has 146 valence electrons. The van der Waals surface area contributed by atoms with Gasteiger partial charge in [-0.25, -0.2) is 4.98 Å². The van der Waals surface area contributed by atoms with Crippen LogP contribution in [-0.2, 0) is 13.0 Å². The molecule has 8 heteroatoms. The van der Waals surface area contributed by atoms with Crippen LogP contribution in [0.2, 0.25) is 0 Å². The Morgan fingerprint density at radius 3 is 3.11 bits per heavy atom. The van der Waals surface area contributed by atoms with Gasteiger partial charge >= 0.3 is 0 Å². The zero-order valence-electron chi connectivity index (χ0n) is 16.0. The first-order valence-corrected chi connectivity index (χ1v) is 10.2. The fourth-order valence-corrected chi connectivity index (χ4v) is 4.22. The number of aromatic amines is 1. The summed E-state index contributed by atoms with van der Waals surface area (Å²) in [5, 5.41) is 10.7. The van der Waals surface area contributed by atoms with Crippen LogP contribution in [0.1, 0.15) is 34.4 Å². The first kappa shape index (κ1) is 18.6. The molecular weight excluding hydrogens is 374 g/mol. The number of para-hydroxylation sites is 1. The summed E-state index contributed by atoms with van der Waals surface area (Å²) in [7, 11) is 2.09. The quantitative estimate of drug-likeness (QED) is 0.664. The molecule has 2 N–H and O–H groups in total. The number of aromatic nitrogens is 3. The number of carbonyl (C=O) groups is 1. The number of ether oxygens (including phenoxy) is 1. The number of likely N-dealkylation sites (N-methyl/N-ethyl adjacent to an activating group) is 1. The third kappa shape index (κ3) is 3.93. The van der Waals surface area contributed by atoms with Crippen molar-refractivity contribution in [3.8, 4) is 17.0 Å². The van der Waals surface area contributed by atoms with Gasteiger partial charge in [0.15, 0.2) is 5.13 Å². The van der Waals surface area contributed by atoms with Gasteiger partial charge in [0.2, 0.25) is 0 Å². The Balaban J connectivity index is 1.50. The van der Waals surface area contributed by atoms with E-state index >= 15 is 0 Å². The number of nitrogens with zero attached hydrogens (tertiary/aromatic N) is 3. The second-order valence-electron chi connectivity index (χ2n) is 6.84. The molecular formula is C20H23N5O2S. The van der Waals surface area contributed by atoms with Gasteiger partial charge in [0.05, 0.1) is 18.0 Å². The van der Waals surface area contributed by atoms with E-state index in [9.17, 15) is 4.79 Å². The van der Waals surface area contributed by atoms with Crippen LogP contribution in [0.15, 0.2) is 30.3 Å². The summed E-state index contributed by atoms with van der Waals surface area (Å²) in [6, 6.07) is 9.45. The van der Waals surface area contributed by atoms with Crippen LogP contribution in [0.25, 0.3) is 11.3 Å². The number of hydrogen-bond donors (Lipinski definition) is 2. The number of nitrogens with one attached hydrogen (secondary N) is 2. The molecule has 1 aliphatic heterocycles. The molecule has 0 unspecified atom stereocenters. The van der Waals surface area contributed by atoms with Crippen LogP contribution in [0.4, 0.5) is 5.13 Å². The van der Waals surface area contributed by atoms with Crippen molar-refractivity contribution in [2.75, 3.05) is 25.5 Å². The van der Waals surface area contributed by atoms with Crippen LogP contribution in [0.5, 0.6) is 5.75 Å². The number of anilines is 1. The Kier molecular flexibility index (Phi) is 5.40. The molecule has 0 atom stereocenters. The molecule has 1 aromatic carbocycles. The van der Waals surface area contributed by atoms with E-state index in [0.29, 0.717) is 23.1 Å². The van der Waals surface area contributed by atoms with Crippen LogP contribution in [0.3, 0.4) is 0 Å². The molecule has 3 heterocycles. The van der Waals surface area contributed by atoms with Crippen molar-refractivity contribution < 1.29 is 9.53 Å². The van der Waals surface area contributed by atoms with Crippen molar-refractivity contribution >= 4 is 22.4 Å². The molecule has 0 spiro atoms. The first-order valence-electron chi connectivity index (χ1n) is 9.40. The number of rotatable bonds is 6. The molecule has 1 amide bonds. The molecule has 7 nitrogen and oxygen atoms in total. The number of fused-ring (bicyclic) bond motifs is 1. The van der Waals surface area contributed by atoms with Crippen molar-refractivity contribution in [3.05, 3.63) is 46.6 Å². The van der Waals surface area contributed by atoms with E-state index in [-0.39, 0.29) is 5.91 Å². The lowest BCUT2D eigenvalue weighted by Gasteiger charge is -2.20. The van der Waals surface area contributed by atoms with Crippen LogP contribution < -0.4 is 10.1 Å². The minimum absolute atomic E-state index is 0.245. The highest BCUT2D eigenvalue weighted by atomic mass is 32.1. The molecule has 28 heavy (non-hydrogen) atoms. The number of hydrogen-bond acceptors (Lipinski definition) is 6. The normalized spacial score (nSPS) is 13.9. The molecule has 0 saturated carbocycles. The Hall–Kier alpha value is -2.71. The Bertz CT molecular complexity index is 981. The highest BCUT2D eigenvalue weighted by Crippen LogP contribution is 2.30. The average Bonchev–Trinajstić information content (AvgIpc) is 3.33. The van der Waals surface area contributed by atoms with Gasteiger partial charge in [0.1, 0.15) is 11.4 Å². The van der Waals surface area contributed by atoms with E-state index in [4.69, 9.17) is 4.74 Å². The van der Waals surface area contributed by atoms with Gasteiger partial charge in [-0.05, 0) is 31.7 Å². The van der Waals surface area contributed by atoms with Crippen molar-refractivity contribution in [1.29, 1.82) is 0 Å². The second kappa shape index (κ2) is 8.12. The number of H-pyrrole nitrogens is 1. The van der Waals surface area contributed by atoms with E-state index in [2.05, 4.69) is 39.4 Å². The van der Waals surface area contributed by atoms with Crippen LogP contribution >= 0.6 is 11.3 Å². The highest BCUT2D eigenvalue weighted by molar-refractivity contribution is 7.15. The van der Waals surface area contributed by atoms with E-state index in [0.717, 1.165) is 42.9 Å². The molecule has 0 bridgehead atoms. The standard InChI is InChI=1S/C20H23N5O2S/c1-3-10-27-17-7-5-4-6-13(17)15-11-16(24-23-15)19(26)22-20-21-14-8-9-25(2)12-18(14)28-20/h4-7,11H,3,8-10,12H2,1-2H3,(H,23,24)(H,21,22,26). The van der Waals surface area contributed by atoms with Gasteiger partial charge in [-0.2, -0.15) is 5.10 Å². The highest BCUT2D eigenvalue weighted by Gasteiger charge is 2.20. The first-order chi connectivity index (χ1) is 13.6. The Labute approximate surface area is 167 Å². The number of carbonyl (C=O) groups excluding carboxylic acids is 1. The summed E-state index contributed by atoms with van der Waals surface area (Å²) < 4.78 is 5.79. The molecule has 1 aliphatic rings. The smallest absolute Gasteiger partial charge is 0.275 e. The van der Waals surface area contributed by atoms with Gasteiger partial charge < -0.3 is 9.64 Å². The van der Waals surface area contributed by atoms with Crippen LogP contribution in [0, 0.1) is 0 Å². The summed E-state index contributed by atoms with van der Waals surface area (Å²) >= 11 is 1.54. The second-order valence-corrected chi connectivity index (χ2v) is 7.93. The number of benzene rings is 1. The molecule has 0 aliphatic carbocycles. The molecule has 0 radical (unpaired) electrons. The van der Waals surface area contributed by atoms with Crippen molar-refractivity contribution in [1.82, 2.24) is 20.1 Å². The van der Waals surface area contributed by atoms with Gasteiger partial charge in [-0.3, -0.25) is 15.2 Å². The summed E-state index contributed by atoms with van der Waals surface area (Å²) in [6.45, 7) is 4.58. The molecule has 0 fully saturated rings. The number of thiazole rings is 1. The average molecular weight is 398 g/mol. The maximum atomic E-state index is 12.6. The summed E-state index contributed by atoms with van der Waals surface area (Å²) in [5.74, 6) is 0.518. The lowest BCUT2D eigenvalue weighted by atomic mass is 10.1. The van der Waals surface area contributed by atoms with Crippen LogP contribution in [-0.4, -0.2) is 46.2 Å². The van der Waals surface area contributed by atoms with Gasteiger partial charge in [0.25, 0.3) is 5.91 Å². The minimum Gasteiger partial charge on any atom is -0.493 e. The van der Waals surface area contributed by atoms with Crippen molar-refractivity contribution in [2.24, 2.45) is 0 Å². The van der Waals surface area contributed by atoms with E-state index in [1.54, 1.807) is 6.07 Å². The molecule has 2 aromatic heterocycles. The Morgan fingerprint density at radius 2 is 2.25 bits per heavy atom. The summed E-state index contributed by atoms with van der Waals surface area (Å²) in [6.07, 6.45) is 1.84. The minimum atomic E-state index is -0.245. The zero-order valence-corrected chi connectivity index (χ0v) is 16.8. The van der Waals surface area contributed by atoms with Gasteiger partial charge in [-0.1, -0.05) is 19.1 Å². The zero-order chi connectivity index (χ0) is 19.5. The lowest BCUT2D eigenvalue weighted by Crippen LogP contribution is -2.25. The molecule has 4 rings (SSSR count). The lowest BCUT2D eigenvalue weighted by molar-refractivity contribution is 0.102. The van der Waals surface area contributed by atoms with Gasteiger partial charge in [0, 0.05) is 30.0 Å². The predicted molar refractivity (Wildman–Crippen MR) is 110 cm³/mol. The SMILES string of the molecule is CCCOc1ccccc1-c1cc(C(=O)Nc2nc3c(s2)CN(C)CC3)[nH]n1. The summed E-state index contributed by atoms with van der Waals surface area (Å²) in [4.78, 5) is 20.7. The monoisotopic (exact) mass is 397 g/mol. The van der Waals surface area contributed by atoms with Crippen molar-refractivity contribution in [2.45, 2.75) is 26.3 Å². The largest absolute Gasteiger partial charge is 0.493 e. The third-order valence-corrected chi connectivity index (χ3v) is 5.59. The third-order valence-electron chi connectivity index (χ3n) is 4.59. The maximum Gasteiger partial charge on any atom is 0.275 e. The fourth-order valence-electron chi connectivity index (χ4n) is 3.13. The topological polar surface area (TPSA) is 83.1 Å². The number of amides is 1.